The number of nitrogens with zero attached hydrogens (tertiary/aromatic N) is 2. The van der Waals surface area contributed by atoms with Gasteiger partial charge in [0.2, 0.25) is 5.89 Å². The molecule has 1 heterocycles. The van der Waals surface area contributed by atoms with Crippen LogP contribution in [0.15, 0.2) is 52.9 Å². The van der Waals surface area contributed by atoms with Gasteiger partial charge in [0.15, 0.2) is 6.10 Å². The van der Waals surface area contributed by atoms with Crippen molar-refractivity contribution >= 4 is 5.97 Å². The molecule has 25 heavy (non-hydrogen) atoms. The van der Waals surface area contributed by atoms with E-state index in [0.29, 0.717) is 17.2 Å². The fourth-order valence-corrected chi connectivity index (χ4v) is 2.14. The molecule has 6 nitrogen and oxygen atoms in total. The van der Waals surface area contributed by atoms with Gasteiger partial charge in [0.25, 0.3) is 5.89 Å². The third-order valence-electron chi connectivity index (χ3n) is 3.47. The minimum atomic E-state index is -0.768. The molecule has 0 aliphatic carbocycles. The molecule has 128 valence electrons. The van der Waals surface area contributed by atoms with E-state index in [4.69, 9.17) is 13.9 Å². The van der Waals surface area contributed by atoms with E-state index in [0.717, 1.165) is 6.07 Å². The molecule has 0 amide bonds. The zero-order chi connectivity index (χ0) is 17.8. The molecular weight excluding hydrogens is 327 g/mol. The molecule has 0 unspecified atom stereocenters. The number of halogens is 1. The summed E-state index contributed by atoms with van der Waals surface area (Å²) in [4.78, 5) is 12.0. The lowest BCUT2D eigenvalue weighted by Gasteiger charge is -2.09. The zero-order valence-corrected chi connectivity index (χ0v) is 13.6. The summed E-state index contributed by atoms with van der Waals surface area (Å²) in [7, 11) is 1.58. The Balaban J connectivity index is 1.71. The van der Waals surface area contributed by atoms with Gasteiger partial charge in [-0.25, -0.2) is 9.18 Å². The molecule has 0 bridgehead atoms. The van der Waals surface area contributed by atoms with Crippen molar-refractivity contribution in [3.8, 4) is 17.2 Å². The molecule has 7 heteroatoms. The lowest BCUT2D eigenvalue weighted by molar-refractivity contribution is 0.0279. The van der Waals surface area contributed by atoms with Crippen LogP contribution in [0.1, 0.15) is 29.3 Å². The van der Waals surface area contributed by atoms with E-state index >= 15 is 0 Å². The van der Waals surface area contributed by atoms with Crippen LogP contribution in [-0.4, -0.2) is 23.3 Å². The highest BCUT2D eigenvalue weighted by atomic mass is 19.1. The largest absolute Gasteiger partial charge is 0.497 e. The van der Waals surface area contributed by atoms with Crippen LogP contribution in [0.2, 0.25) is 0 Å². The van der Waals surface area contributed by atoms with Gasteiger partial charge >= 0.3 is 5.97 Å². The van der Waals surface area contributed by atoms with Crippen LogP contribution in [0, 0.1) is 5.82 Å². The van der Waals surface area contributed by atoms with Crippen LogP contribution < -0.4 is 4.74 Å². The van der Waals surface area contributed by atoms with Crippen molar-refractivity contribution in [2.24, 2.45) is 0 Å². The molecule has 0 spiro atoms. The number of aromatic nitrogens is 2. The van der Waals surface area contributed by atoms with Gasteiger partial charge in [0.05, 0.1) is 12.7 Å². The van der Waals surface area contributed by atoms with Crippen molar-refractivity contribution in [2.75, 3.05) is 7.11 Å². The van der Waals surface area contributed by atoms with Gasteiger partial charge in [-0.2, -0.15) is 0 Å². The van der Waals surface area contributed by atoms with Gasteiger partial charge in [-0.1, -0.05) is 6.07 Å². The molecule has 0 saturated heterocycles. The summed E-state index contributed by atoms with van der Waals surface area (Å²) in [6, 6.07) is 12.4. The highest BCUT2D eigenvalue weighted by Gasteiger charge is 2.20. The van der Waals surface area contributed by atoms with Gasteiger partial charge < -0.3 is 13.9 Å². The Hall–Kier alpha value is -3.22. The SMILES string of the molecule is COc1ccc(-c2nnc([C@@H](C)OC(=O)c3cccc(F)c3)o2)cc1. The molecule has 0 aliphatic heterocycles. The Morgan fingerprint density at radius 2 is 1.92 bits per heavy atom. The molecule has 0 N–H and O–H groups in total. The molecule has 0 radical (unpaired) electrons. The lowest BCUT2D eigenvalue weighted by Crippen LogP contribution is -2.09. The second kappa shape index (κ2) is 7.12. The minimum absolute atomic E-state index is 0.113. The van der Waals surface area contributed by atoms with Crippen molar-refractivity contribution in [3.05, 3.63) is 65.8 Å². The van der Waals surface area contributed by atoms with Gasteiger partial charge in [-0.05, 0) is 49.4 Å². The maximum Gasteiger partial charge on any atom is 0.339 e. The third kappa shape index (κ3) is 3.82. The third-order valence-corrected chi connectivity index (χ3v) is 3.47. The van der Waals surface area contributed by atoms with E-state index in [2.05, 4.69) is 10.2 Å². The standard InChI is InChI=1S/C18H15FN2O4/c1-11(24-18(22)13-4-3-5-14(19)10-13)16-20-21-17(25-16)12-6-8-15(23-2)9-7-12/h3-11H,1-2H3/t11-/m1/s1. The van der Waals surface area contributed by atoms with Crippen LogP contribution in [0.4, 0.5) is 4.39 Å². The maximum atomic E-state index is 13.2. The Morgan fingerprint density at radius 3 is 2.60 bits per heavy atom. The fraction of sp³-hybridized carbons (Fsp3) is 0.167. The number of hydrogen-bond donors (Lipinski definition) is 0. The molecule has 3 rings (SSSR count). The zero-order valence-electron chi connectivity index (χ0n) is 13.6. The predicted octanol–water partition coefficient (Wildman–Crippen LogP) is 3.80. The maximum absolute atomic E-state index is 13.2. The molecule has 1 atom stereocenters. The van der Waals surface area contributed by atoms with Gasteiger partial charge in [0, 0.05) is 5.56 Å². The molecule has 3 aromatic rings. The first-order valence-electron chi connectivity index (χ1n) is 7.51. The number of esters is 1. The summed E-state index contributed by atoms with van der Waals surface area (Å²) in [6.45, 7) is 1.60. The summed E-state index contributed by atoms with van der Waals surface area (Å²) in [6.07, 6.45) is -0.768. The highest BCUT2D eigenvalue weighted by molar-refractivity contribution is 5.89. The number of ether oxygens (including phenoxy) is 2. The van der Waals surface area contributed by atoms with Crippen molar-refractivity contribution in [1.82, 2.24) is 10.2 Å². The molecular formula is C18H15FN2O4. The van der Waals surface area contributed by atoms with Crippen LogP contribution in [0.3, 0.4) is 0 Å². The summed E-state index contributed by atoms with van der Waals surface area (Å²) >= 11 is 0. The quantitative estimate of drug-likeness (QED) is 0.657. The Labute approximate surface area is 143 Å². The first-order chi connectivity index (χ1) is 12.1. The van der Waals surface area contributed by atoms with Crippen LogP contribution >= 0.6 is 0 Å². The predicted molar refractivity (Wildman–Crippen MR) is 86.5 cm³/mol. The second-order valence-electron chi connectivity index (χ2n) is 5.23. The summed E-state index contributed by atoms with van der Waals surface area (Å²) in [5.74, 6) is -0.0272. The van der Waals surface area contributed by atoms with Gasteiger partial charge in [0.1, 0.15) is 11.6 Å². The number of rotatable bonds is 5. The first-order valence-corrected chi connectivity index (χ1v) is 7.51. The Morgan fingerprint density at radius 1 is 1.16 bits per heavy atom. The number of methoxy groups -OCH3 is 1. The number of carbonyl (C=O) groups is 1. The minimum Gasteiger partial charge on any atom is -0.497 e. The van der Waals surface area contributed by atoms with E-state index in [9.17, 15) is 9.18 Å². The van der Waals surface area contributed by atoms with Crippen molar-refractivity contribution in [1.29, 1.82) is 0 Å². The number of hydrogen-bond acceptors (Lipinski definition) is 6. The average molecular weight is 342 g/mol. The fourth-order valence-electron chi connectivity index (χ4n) is 2.14. The molecule has 0 saturated carbocycles. The van der Waals surface area contributed by atoms with Crippen LogP contribution in [-0.2, 0) is 4.74 Å². The molecule has 1 aromatic heterocycles. The average Bonchev–Trinajstić information content (AvgIpc) is 3.12. The molecule has 0 aliphatic rings. The summed E-state index contributed by atoms with van der Waals surface area (Å²) in [5, 5.41) is 7.85. The topological polar surface area (TPSA) is 74.5 Å². The smallest absolute Gasteiger partial charge is 0.339 e. The van der Waals surface area contributed by atoms with E-state index in [1.54, 1.807) is 38.3 Å². The second-order valence-corrected chi connectivity index (χ2v) is 5.23. The van der Waals surface area contributed by atoms with Crippen molar-refractivity contribution in [2.45, 2.75) is 13.0 Å². The van der Waals surface area contributed by atoms with E-state index in [-0.39, 0.29) is 11.5 Å². The van der Waals surface area contributed by atoms with E-state index < -0.39 is 17.9 Å². The Bertz CT molecular complexity index is 877. The first kappa shape index (κ1) is 16.6. The monoisotopic (exact) mass is 342 g/mol. The normalized spacial score (nSPS) is 11.8. The highest BCUT2D eigenvalue weighted by Crippen LogP contribution is 2.24. The lowest BCUT2D eigenvalue weighted by atomic mass is 10.2. The summed E-state index contributed by atoms with van der Waals surface area (Å²) < 4.78 is 29.1. The number of carbonyl (C=O) groups excluding carboxylic acids is 1. The number of benzene rings is 2. The van der Waals surface area contributed by atoms with Gasteiger partial charge in [-0.15, -0.1) is 10.2 Å². The summed E-state index contributed by atoms with van der Waals surface area (Å²) in [5.41, 5.74) is 0.824. The molecule has 2 aromatic carbocycles. The molecule has 0 fully saturated rings. The van der Waals surface area contributed by atoms with Crippen LogP contribution in [0.5, 0.6) is 5.75 Å². The van der Waals surface area contributed by atoms with Gasteiger partial charge in [-0.3, -0.25) is 0 Å². The Kier molecular flexibility index (Phi) is 4.74. The van der Waals surface area contributed by atoms with E-state index in [1.807, 2.05) is 0 Å². The van der Waals surface area contributed by atoms with E-state index in [1.165, 1.54) is 18.2 Å². The van der Waals surface area contributed by atoms with Crippen molar-refractivity contribution in [3.63, 3.8) is 0 Å². The van der Waals surface area contributed by atoms with Crippen LogP contribution in [0.25, 0.3) is 11.5 Å². The van der Waals surface area contributed by atoms with Crippen molar-refractivity contribution < 1.29 is 23.1 Å².